The Hall–Kier alpha value is -4.14. The largest absolute Gasteiger partial charge is 0.497 e. The number of rotatable bonds is 7. The number of nitrogens with one attached hydrogen (secondary N) is 1. The molecular formula is C21H19N3O6. The predicted octanol–water partition coefficient (Wildman–Crippen LogP) is 3.07. The summed E-state index contributed by atoms with van der Waals surface area (Å²) in [5.41, 5.74) is 1.04. The summed E-state index contributed by atoms with van der Waals surface area (Å²) in [6.45, 7) is 0.167. The van der Waals surface area contributed by atoms with Crippen molar-refractivity contribution in [2.75, 3.05) is 19.5 Å². The normalized spacial score (nSPS) is 10.3. The highest BCUT2D eigenvalue weighted by molar-refractivity contribution is 6.04. The molecule has 0 spiro atoms. The zero-order valence-electron chi connectivity index (χ0n) is 16.3. The topological polar surface area (TPSA) is 113 Å². The predicted molar refractivity (Wildman–Crippen MR) is 110 cm³/mol. The second kappa shape index (κ2) is 8.91. The van der Waals surface area contributed by atoms with Crippen molar-refractivity contribution in [2.45, 2.75) is 6.54 Å². The van der Waals surface area contributed by atoms with E-state index < -0.39 is 10.8 Å². The maximum absolute atomic E-state index is 12.7. The Bertz CT molecular complexity index is 1140. The molecule has 0 aliphatic carbocycles. The first-order valence-corrected chi connectivity index (χ1v) is 8.88. The molecule has 0 bridgehead atoms. The molecule has 3 rings (SSSR count). The Kier molecular flexibility index (Phi) is 6.11. The first-order valence-electron chi connectivity index (χ1n) is 8.88. The van der Waals surface area contributed by atoms with Gasteiger partial charge < -0.3 is 19.4 Å². The Labute approximate surface area is 171 Å². The number of nitro benzene ring substituents is 1. The van der Waals surface area contributed by atoms with Crippen molar-refractivity contribution >= 4 is 17.3 Å². The first-order chi connectivity index (χ1) is 14.4. The Balaban J connectivity index is 1.83. The van der Waals surface area contributed by atoms with Crippen molar-refractivity contribution in [2.24, 2.45) is 0 Å². The average molecular weight is 409 g/mol. The van der Waals surface area contributed by atoms with Crippen LogP contribution in [-0.4, -0.2) is 29.6 Å². The fraction of sp³-hybridized carbons (Fsp3) is 0.143. The third kappa shape index (κ3) is 4.64. The van der Waals surface area contributed by atoms with Gasteiger partial charge in [-0.05, 0) is 23.8 Å². The number of aromatic nitrogens is 1. The van der Waals surface area contributed by atoms with Crippen LogP contribution in [0.1, 0.15) is 15.9 Å². The van der Waals surface area contributed by atoms with Crippen LogP contribution in [0.4, 0.5) is 11.4 Å². The number of ether oxygens (including phenoxy) is 2. The number of benzene rings is 2. The summed E-state index contributed by atoms with van der Waals surface area (Å²) in [5.74, 6) is 0.580. The molecule has 0 unspecified atom stereocenters. The minimum Gasteiger partial charge on any atom is -0.497 e. The molecule has 0 atom stereocenters. The molecule has 0 saturated carbocycles. The molecule has 1 amide bonds. The minimum atomic E-state index is -0.492. The van der Waals surface area contributed by atoms with Gasteiger partial charge >= 0.3 is 0 Å². The highest BCUT2D eigenvalue weighted by Crippen LogP contribution is 2.29. The number of amides is 1. The Morgan fingerprint density at radius 3 is 2.43 bits per heavy atom. The molecule has 9 nitrogen and oxygen atoms in total. The van der Waals surface area contributed by atoms with Gasteiger partial charge in [0, 0.05) is 30.5 Å². The van der Waals surface area contributed by atoms with Crippen molar-refractivity contribution in [3.63, 3.8) is 0 Å². The van der Waals surface area contributed by atoms with Gasteiger partial charge in [0.2, 0.25) is 0 Å². The number of pyridine rings is 1. The smallest absolute Gasteiger partial charge is 0.269 e. The summed E-state index contributed by atoms with van der Waals surface area (Å²) >= 11 is 0. The highest BCUT2D eigenvalue weighted by atomic mass is 16.6. The lowest BCUT2D eigenvalue weighted by Crippen LogP contribution is -2.22. The molecule has 0 aliphatic rings. The van der Waals surface area contributed by atoms with Crippen molar-refractivity contribution in [1.82, 2.24) is 4.57 Å². The van der Waals surface area contributed by atoms with Gasteiger partial charge in [0.1, 0.15) is 11.5 Å². The van der Waals surface area contributed by atoms with E-state index in [1.807, 2.05) is 0 Å². The van der Waals surface area contributed by atoms with Gasteiger partial charge in [-0.1, -0.05) is 12.1 Å². The van der Waals surface area contributed by atoms with Gasteiger partial charge in [0.05, 0.1) is 36.9 Å². The molecule has 30 heavy (non-hydrogen) atoms. The summed E-state index contributed by atoms with van der Waals surface area (Å²) in [5, 5.41) is 13.5. The molecule has 9 heteroatoms. The molecule has 0 radical (unpaired) electrons. The number of non-ortho nitro benzene ring substituents is 1. The summed E-state index contributed by atoms with van der Waals surface area (Å²) < 4.78 is 11.8. The van der Waals surface area contributed by atoms with Crippen LogP contribution in [0.2, 0.25) is 0 Å². The number of carbonyl (C=O) groups excluding carboxylic acids is 1. The van der Waals surface area contributed by atoms with Gasteiger partial charge in [-0.2, -0.15) is 0 Å². The monoisotopic (exact) mass is 409 g/mol. The molecule has 1 N–H and O–H groups in total. The average Bonchev–Trinajstić information content (AvgIpc) is 2.75. The first kappa shape index (κ1) is 20.6. The van der Waals surface area contributed by atoms with Crippen molar-refractivity contribution < 1.29 is 19.2 Å². The van der Waals surface area contributed by atoms with E-state index in [0.29, 0.717) is 22.7 Å². The number of carbonyl (C=O) groups is 1. The molecule has 1 heterocycles. The second-order valence-electron chi connectivity index (χ2n) is 6.33. The van der Waals surface area contributed by atoms with Crippen LogP contribution in [0.3, 0.4) is 0 Å². The van der Waals surface area contributed by atoms with Gasteiger partial charge in [-0.3, -0.25) is 19.7 Å². The van der Waals surface area contributed by atoms with Crippen LogP contribution in [0.5, 0.6) is 11.5 Å². The van der Waals surface area contributed by atoms with Gasteiger partial charge in [0.25, 0.3) is 17.2 Å². The molecule has 3 aromatic rings. The van der Waals surface area contributed by atoms with Crippen molar-refractivity contribution in [3.05, 3.63) is 92.4 Å². The van der Waals surface area contributed by atoms with Gasteiger partial charge in [-0.25, -0.2) is 0 Å². The fourth-order valence-electron chi connectivity index (χ4n) is 2.82. The van der Waals surface area contributed by atoms with E-state index in [0.717, 1.165) is 0 Å². The van der Waals surface area contributed by atoms with E-state index in [-0.39, 0.29) is 23.4 Å². The van der Waals surface area contributed by atoms with E-state index in [1.165, 1.54) is 49.2 Å². The van der Waals surface area contributed by atoms with Crippen molar-refractivity contribution in [1.29, 1.82) is 0 Å². The van der Waals surface area contributed by atoms with E-state index >= 15 is 0 Å². The van der Waals surface area contributed by atoms with Gasteiger partial charge in [-0.15, -0.1) is 0 Å². The second-order valence-corrected chi connectivity index (χ2v) is 6.33. The minimum absolute atomic E-state index is 0.0357. The van der Waals surface area contributed by atoms with Crippen LogP contribution in [0.25, 0.3) is 0 Å². The molecule has 2 aromatic carbocycles. The van der Waals surface area contributed by atoms with Crippen LogP contribution in [0, 0.1) is 10.1 Å². The third-order valence-electron chi connectivity index (χ3n) is 4.40. The quantitative estimate of drug-likeness (QED) is 0.474. The number of nitro groups is 1. The summed E-state index contributed by atoms with van der Waals surface area (Å²) in [7, 11) is 3.00. The number of nitrogens with zero attached hydrogens (tertiary/aromatic N) is 2. The van der Waals surface area contributed by atoms with E-state index in [2.05, 4.69) is 5.32 Å². The van der Waals surface area contributed by atoms with Crippen molar-refractivity contribution in [3.8, 4) is 11.5 Å². The standard InChI is InChI=1S/C21H19N3O6/c1-29-17-8-9-19(30-2)18(11-17)22-21(26)15-5-10-20(25)23(13-15)12-14-3-6-16(7-4-14)24(27)28/h3-11,13H,12H2,1-2H3,(H,22,26). The number of methoxy groups -OCH3 is 2. The molecule has 0 aliphatic heterocycles. The summed E-state index contributed by atoms with van der Waals surface area (Å²) in [4.78, 5) is 35.2. The van der Waals surface area contributed by atoms with E-state index in [1.54, 1.807) is 30.3 Å². The SMILES string of the molecule is COc1ccc(OC)c(NC(=O)c2ccc(=O)n(Cc3ccc([N+](=O)[O-])cc3)c2)c1. The lowest BCUT2D eigenvalue weighted by molar-refractivity contribution is -0.384. The number of anilines is 1. The van der Waals surface area contributed by atoms with E-state index in [4.69, 9.17) is 9.47 Å². The fourth-order valence-corrected chi connectivity index (χ4v) is 2.82. The lowest BCUT2D eigenvalue weighted by Gasteiger charge is -2.13. The number of hydrogen-bond acceptors (Lipinski definition) is 6. The van der Waals surface area contributed by atoms with Gasteiger partial charge in [0.15, 0.2) is 0 Å². The Morgan fingerprint density at radius 2 is 1.80 bits per heavy atom. The number of hydrogen-bond donors (Lipinski definition) is 1. The van der Waals surface area contributed by atoms with Crippen LogP contribution in [0.15, 0.2) is 65.6 Å². The molecule has 0 fully saturated rings. The van der Waals surface area contributed by atoms with Crippen LogP contribution < -0.4 is 20.3 Å². The summed E-state index contributed by atoms with van der Waals surface area (Å²) in [6.07, 6.45) is 1.44. The molecule has 0 saturated heterocycles. The summed E-state index contributed by atoms with van der Waals surface area (Å²) in [6, 6.07) is 13.6. The van der Waals surface area contributed by atoms with E-state index in [9.17, 15) is 19.7 Å². The molecular weight excluding hydrogens is 390 g/mol. The zero-order chi connectivity index (χ0) is 21.7. The van der Waals surface area contributed by atoms with Crippen LogP contribution in [-0.2, 0) is 6.54 Å². The zero-order valence-corrected chi connectivity index (χ0v) is 16.3. The third-order valence-corrected chi connectivity index (χ3v) is 4.40. The highest BCUT2D eigenvalue weighted by Gasteiger charge is 2.13. The molecule has 1 aromatic heterocycles. The Morgan fingerprint density at radius 1 is 1.07 bits per heavy atom. The molecule has 154 valence electrons. The maximum Gasteiger partial charge on any atom is 0.269 e. The maximum atomic E-state index is 12.7. The van der Waals surface area contributed by atoms with Crippen LogP contribution >= 0.6 is 0 Å². The lowest BCUT2D eigenvalue weighted by atomic mass is 10.2.